The number of hydrogen-bond acceptors (Lipinski definition) is 7. The number of aromatic amines is 1. The number of ether oxygens (including phenoxy) is 1. The third kappa shape index (κ3) is 2.75. The Morgan fingerprint density at radius 1 is 1.68 bits per heavy atom. The first-order chi connectivity index (χ1) is 10.5. The Balaban J connectivity index is 1.86. The van der Waals surface area contributed by atoms with E-state index in [2.05, 4.69) is 19.5 Å². The summed E-state index contributed by atoms with van der Waals surface area (Å²) in [5.41, 5.74) is 5.22. The van der Waals surface area contributed by atoms with Crippen LogP contribution in [0.3, 0.4) is 0 Å². The van der Waals surface area contributed by atoms with E-state index in [0.29, 0.717) is 0 Å². The number of alkyl halides is 1. The van der Waals surface area contributed by atoms with Crippen molar-refractivity contribution in [1.29, 1.82) is 0 Å². The molecule has 2 aromatic heterocycles. The van der Waals surface area contributed by atoms with E-state index in [1.54, 1.807) is 0 Å². The van der Waals surface area contributed by atoms with Crippen molar-refractivity contribution in [2.24, 2.45) is 0 Å². The zero-order chi connectivity index (χ0) is 15.9. The molecule has 0 spiro atoms. The van der Waals surface area contributed by atoms with Crippen LogP contribution in [0.2, 0.25) is 0 Å². The van der Waals surface area contributed by atoms with Gasteiger partial charge in [0, 0.05) is 6.42 Å². The lowest BCUT2D eigenvalue weighted by molar-refractivity contribution is -0.0275. The first-order valence-corrected chi connectivity index (χ1v) is 7.59. The molecule has 0 bridgehead atoms. The maximum atomic E-state index is 13.9. The van der Waals surface area contributed by atoms with E-state index in [0.717, 1.165) is 0 Å². The number of nitrogens with zero attached hydrogens (tertiary/aromatic N) is 3. The fourth-order valence-corrected chi connectivity index (χ4v) is 2.62. The van der Waals surface area contributed by atoms with Crippen LogP contribution in [0.25, 0.3) is 11.2 Å². The molecule has 0 radical (unpaired) electrons. The van der Waals surface area contributed by atoms with Crippen molar-refractivity contribution < 1.29 is 23.1 Å². The summed E-state index contributed by atoms with van der Waals surface area (Å²) in [6.45, 7) is -0.339. The molecule has 1 aliphatic heterocycles. The molecule has 1 aliphatic rings. The van der Waals surface area contributed by atoms with Crippen LogP contribution >= 0.6 is 8.25 Å². The van der Waals surface area contributed by atoms with E-state index >= 15 is 0 Å². The summed E-state index contributed by atoms with van der Waals surface area (Å²) in [6.07, 6.45) is -1.85. The van der Waals surface area contributed by atoms with Gasteiger partial charge < -0.3 is 19.9 Å². The maximum absolute atomic E-state index is 13.9. The van der Waals surface area contributed by atoms with Crippen molar-refractivity contribution in [1.82, 2.24) is 19.5 Å². The van der Waals surface area contributed by atoms with Crippen LogP contribution in [0.1, 0.15) is 12.6 Å². The molecule has 0 aromatic carbocycles. The smallest absolute Gasteiger partial charge is 0.316 e. The summed E-state index contributed by atoms with van der Waals surface area (Å²) in [5, 5.41) is 0. The second-order valence-corrected chi connectivity index (χ2v) is 5.55. The van der Waals surface area contributed by atoms with Gasteiger partial charge in [0.25, 0.3) is 5.56 Å². The minimum Gasteiger partial charge on any atom is -0.369 e. The van der Waals surface area contributed by atoms with Gasteiger partial charge >= 0.3 is 8.25 Å². The van der Waals surface area contributed by atoms with Gasteiger partial charge in [0.15, 0.2) is 11.2 Å². The van der Waals surface area contributed by atoms with Crippen molar-refractivity contribution in [3.63, 3.8) is 0 Å². The summed E-state index contributed by atoms with van der Waals surface area (Å²) in [6, 6.07) is 0. The Bertz CT molecular complexity index is 779. The van der Waals surface area contributed by atoms with Crippen LogP contribution in [0, 0.1) is 0 Å². The fraction of sp³-hybridized carbons (Fsp3) is 0.500. The molecule has 120 valence electrons. The zero-order valence-corrected chi connectivity index (χ0v) is 12.1. The normalized spacial score (nSPS) is 26.5. The molecule has 0 aliphatic carbocycles. The van der Waals surface area contributed by atoms with Gasteiger partial charge in [-0.25, -0.2) is 9.37 Å². The lowest BCUT2D eigenvalue weighted by Gasteiger charge is -2.14. The minimum absolute atomic E-state index is 0.0275. The summed E-state index contributed by atoms with van der Waals surface area (Å²) < 4.78 is 35.8. The highest BCUT2D eigenvalue weighted by Crippen LogP contribution is 2.33. The van der Waals surface area contributed by atoms with Crippen molar-refractivity contribution in [3.05, 3.63) is 16.7 Å². The van der Waals surface area contributed by atoms with E-state index in [-0.39, 0.29) is 30.1 Å². The van der Waals surface area contributed by atoms with Crippen molar-refractivity contribution in [2.75, 3.05) is 12.3 Å². The number of nitrogen functional groups attached to an aromatic ring is 1. The van der Waals surface area contributed by atoms with Gasteiger partial charge in [-0.15, -0.1) is 0 Å². The number of aromatic nitrogens is 4. The van der Waals surface area contributed by atoms with Crippen molar-refractivity contribution in [2.45, 2.75) is 24.9 Å². The Hall–Kier alpha value is -1.81. The number of fused-ring (bicyclic) bond motifs is 1. The summed E-state index contributed by atoms with van der Waals surface area (Å²) in [4.78, 5) is 30.5. The van der Waals surface area contributed by atoms with Crippen molar-refractivity contribution >= 4 is 25.4 Å². The Labute approximate surface area is 123 Å². The van der Waals surface area contributed by atoms with Gasteiger partial charge in [-0.2, -0.15) is 4.98 Å². The van der Waals surface area contributed by atoms with E-state index in [4.69, 9.17) is 15.4 Å². The molecule has 3 rings (SSSR count). The van der Waals surface area contributed by atoms with Crippen LogP contribution in [-0.2, 0) is 13.8 Å². The fourth-order valence-electron chi connectivity index (χ4n) is 2.32. The van der Waals surface area contributed by atoms with Gasteiger partial charge in [-0.05, 0) is 0 Å². The molecule has 3 heterocycles. The molecule has 12 heteroatoms. The third-order valence-corrected chi connectivity index (χ3v) is 3.71. The average molecular weight is 333 g/mol. The van der Waals surface area contributed by atoms with Crippen LogP contribution < -0.4 is 11.3 Å². The Kier molecular flexibility index (Phi) is 3.96. The first-order valence-electron chi connectivity index (χ1n) is 6.33. The SMILES string of the molecule is Nc1nc2c(ncn2[C@H]2C[C@@H](F)[C@@H](CO[PH](=O)O)O2)c(=O)[nH]1. The van der Waals surface area contributed by atoms with Crippen LogP contribution in [0.15, 0.2) is 11.1 Å². The van der Waals surface area contributed by atoms with Gasteiger partial charge in [0.2, 0.25) is 5.95 Å². The number of H-pyrrole nitrogens is 1. The number of nitrogens with two attached hydrogens (primary N) is 1. The molecule has 4 atom stereocenters. The predicted molar refractivity (Wildman–Crippen MR) is 73.2 cm³/mol. The number of rotatable bonds is 4. The lowest BCUT2D eigenvalue weighted by atomic mass is 10.2. The topological polar surface area (TPSA) is 145 Å². The monoisotopic (exact) mass is 333 g/mol. The number of imidazole rings is 1. The molecule has 0 saturated carbocycles. The summed E-state index contributed by atoms with van der Waals surface area (Å²) in [7, 11) is -3.15. The lowest BCUT2D eigenvalue weighted by Crippen LogP contribution is -2.22. The third-order valence-electron chi connectivity index (χ3n) is 3.29. The zero-order valence-electron chi connectivity index (χ0n) is 11.1. The van der Waals surface area contributed by atoms with Gasteiger partial charge in [-0.3, -0.25) is 18.9 Å². The largest absolute Gasteiger partial charge is 0.369 e. The molecular weight excluding hydrogens is 320 g/mol. The van der Waals surface area contributed by atoms with Gasteiger partial charge in [-0.1, -0.05) is 0 Å². The molecule has 4 N–H and O–H groups in total. The molecule has 22 heavy (non-hydrogen) atoms. The van der Waals surface area contributed by atoms with Gasteiger partial charge in [0.05, 0.1) is 12.9 Å². The second-order valence-electron chi connectivity index (χ2n) is 4.73. The molecule has 1 saturated heterocycles. The summed E-state index contributed by atoms with van der Waals surface area (Å²) in [5.74, 6) is -0.0900. The number of anilines is 1. The van der Waals surface area contributed by atoms with E-state index in [9.17, 15) is 13.8 Å². The Morgan fingerprint density at radius 3 is 3.18 bits per heavy atom. The van der Waals surface area contributed by atoms with E-state index < -0.39 is 32.3 Å². The van der Waals surface area contributed by atoms with E-state index in [1.165, 1.54) is 10.9 Å². The van der Waals surface area contributed by atoms with E-state index in [1.807, 2.05) is 0 Å². The van der Waals surface area contributed by atoms with Crippen molar-refractivity contribution in [3.8, 4) is 0 Å². The first kappa shape index (κ1) is 15.1. The van der Waals surface area contributed by atoms with Crippen LogP contribution in [0.5, 0.6) is 0 Å². The number of halogens is 1. The number of hydrogen-bond donors (Lipinski definition) is 3. The summed E-state index contributed by atoms with van der Waals surface area (Å²) >= 11 is 0. The second kappa shape index (κ2) is 5.76. The van der Waals surface area contributed by atoms with Crippen LogP contribution in [0.4, 0.5) is 10.3 Å². The maximum Gasteiger partial charge on any atom is 0.316 e. The highest BCUT2D eigenvalue weighted by Gasteiger charge is 2.37. The highest BCUT2D eigenvalue weighted by atomic mass is 31.1. The van der Waals surface area contributed by atoms with Crippen LogP contribution in [-0.4, -0.2) is 43.3 Å². The molecule has 1 unspecified atom stereocenters. The standard InChI is InChI=1S/C10H13FN5O5P/c11-4-1-6(21-5(4)2-20-22(18)19)16-3-13-7-8(16)14-10(12)15-9(7)17/h3-6,22H,1-2H2,(H,18,19)(H3,12,14,15,17)/t4-,5-,6-/m1/s1. The predicted octanol–water partition coefficient (Wildman–Crippen LogP) is -0.274. The molecule has 0 amide bonds. The minimum atomic E-state index is -3.15. The quantitative estimate of drug-likeness (QED) is 0.648. The molecule has 2 aromatic rings. The average Bonchev–Trinajstić information content (AvgIpc) is 3.00. The van der Waals surface area contributed by atoms with Gasteiger partial charge in [0.1, 0.15) is 18.5 Å². The molecular formula is C10H13FN5O5P. The Morgan fingerprint density at radius 2 is 2.45 bits per heavy atom. The number of nitrogens with one attached hydrogen (secondary N) is 1. The molecule has 1 fully saturated rings. The molecule has 10 nitrogen and oxygen atoms in total. The highest BCUT2D eigenvalue weighted by molar-refractivity contribution is 7.32.